The predicted octanol–water partition coefficient (Wildman–Crippen LogP) is 4.07. The second-order valence-electron chi connectivity index (χ2n) is 7.99. The summed E-state index contributed by atoms with van der Waals surface area (Å²) in [6, 6.07) is 10.1. The summed E-state index contributed by atoms with van der Waals surface area (Å²) in [6.45, 7) is 10.3. The topological polar surface area (TPSA) is 49.9 Å². The van der Waals surface area contributed by atoms with Gasteiger partial charge in [-0.1, -0.05) is 37.3 Å². The Kier molecular flexibility index (Phi) is 7.06. The van der Waals surface area contributed by atoms with Crippen LogP contribution in [0.1, 0.15) is 52.5 Å². The molecule has 1 aromatic carbocycles. The molecule has 0 radical (unpaired) electrons. The van der Waals surface area contributed by atoms with Crippen molar-refractivity contribution in [2.24, 2.45) is 5.92 Å². The third-order valence-corrected chi connectivity index (χ3v) is 4.52. The number of carbonyl (C=O) groups is 2. The molecule has 1 heterocycles. The molecule has 1 fully saturated rings. The Labute approximate surface area is 157 Å². The van der Waals surface area contributed by atoms with E-state index in [9.17, 15) is 9.59 Å². The van der Waals surface area contributed by atoms with Crippen molar-refractivity contribution >= 4 is 12.0 Å². The predicted molar refractivity (Wildman–Crippen MR) is 103 cm³/mol. The molecule has 0 N–H and O–H groups in total. The summed E-state index contributed by atoms with van der Waals surface area (Å²) >= 11 is 0. The highest BCUT2D eigenvalue weighted by atomic mass is 16.6. The van der Waals surface area contributed by atoms with Gasteiger partial charge in [-0.25, -0.2) is 4.79 Å². The largest absolute Gasteiger partial charge is 0.444 e. The summed E-state index contributed by atoms with van der Waals surface area (Å²) in [5, 5.41) is 0. The van der Waals surface area contributed by atoms with Crippen molar-refractivity contribution in [3.05, 3.63) is 35.9 Å². The standard InChI is InChI=1S/C21H32N2O3/c1-5-13-23(16-17-9-7-6-8-10-17)19(24)18-11-14-22(15-12-18)20(25)26-21(2,3)4/h6-10,18H,5,11-16H2,1-4H3. The SMILES string of the molecule is CCCN(Cc1ccccc1)C(=O)C1CCN(C(=O)OC(C)(C)C)CC1. The molecule has 0 atom stereocenters. The van der Waals surface area contributed by atoms with Crippen molar-refractivity contribution in [3.8, 4) is 0 Å². The maximum atomic E-state index is 13.0. The van der Waals surface area contributed by atoms with Crippen LogP contribution >= 0.6 is 0 Å². The number of hydrogen-bond donors (Lipinski definition) is 0. The summed E-state index contributed by atoms with van der Waals surface area (Å²) in [5.41, 5.74) is 0.665. The molecule has 144 valence electrons. The minimum atomic E-state index is -0.489. The average molecular weight is 360 g/mol. The number of piperidine rings is 1. The van der Waals surface area contributed by atoms with Crippen LogP contribution in [0.5, 0.6) is 0 Å². The number of likely N-dealkylation sites (tertiary alicyclic amines) is 1. The molecule has 0 bridgehead atoms. The highest BCUT2D eigenvalue weighted by Gasteiger charge is 2.31. The zero-order chi connectivity index (χ0) is 19.2. The summed E-state index contributed by atoms with van der Waals surface area (Å²) in [5.74, 6) is 0.198. The van der Waals surface area contributed by atoms with Gasteiger partial charge >= 0.3 is 6.09 Å². The zero-order valence-electron chi connectivity index (χ0n) is 16.5. The molecule has 26 heavy (non-hydrogen) atoms. The van der Waals surface area contributed by atoms with Gasteiger partial charge in [-0.3, -0.25) is 4.79 Å². The molecule has 5 heteroatoms. The van der Waals surface area contributed by atoms with E-state index in [-0.39, 0.29) is 17.9 Å². The summed E-state index contributed by atoms with van der Waals surface area (Å²) in [7, 11) is 0. The van der Waals surface area contributed by atoms with Gasteiger partial charge in [-0.05, 0) is 45.6 Å². The molecule has 0 aliphatic carbocycles. The third kappa shape index (κ3) is 6.04. The van der Waals surface area contributed by atoms with E-state index < -0.39 is 5.60 Å². The van der Waals surface area contributed by atoms with E-state index in [1.54, 1.807) is 4.90 Å². The van der Waals surface area contributed by atoms with E-state index in [4.69, 9.17) is 4.74 Å². The van der Waals surface area contributed by atoms with Gasteiger partial charge in [-0.2, -0.15) is 0 Å². The van der Waals surface area contributed by atoms with Crippen molar-refractivity contribution in [2.75, 3.05) is 19.6 Å². The van der Waals surface area contributed by atoms with Crippen LogP contribution < -0.4 is 0 Å². The molecule has 5 nitrogen and oxygen atoms in total. The Morgan fingerprint density at radius 1 is 1.15 bits per heavy atom. The number of amides is 2. The minimum absolute atomic E-state index is 0.0102. The molecule has 1 aliphatic heterocycles. The van der Waals surface area contributed by atoms with Crippen molar-refractivity contribution in [2.45, 2.75) is 59.1 Å². The maximum Gasteiger partial charge on any atom is 0.410 e. The van der Waals surface area contributed by atoms with Crippen molar-refractivity contribution < 1.29 is 14.3 Å². The van der Waals surface area contributed by atoms with Gasteiger partial charge in [0.05, 0.1) is 0 Å². The Balaban J connectivity index is 1.91. The number of nitrogens with zero attached hydrogens (tertiary/aromatic N) is 2. The van der Waals surface area contributed by atoms with Crippen molar-refractivity contribution in [1.82, 2.24) is 9.80 Å². The second kappa shape index (κ2) is 9.06. The molecule has 1 aliphatic rings. The molecule has 0 aromatic heterocycles. The summed E-state index contributed by atoms with van der Waals surface area (Å²) in [4.78, 5) is 28.8. The first-order chi connectivity index (χ1) is 12.3. The first-order valence-corrected chi connectivity index (χ1v) is 9.61. The minimum Gasteiger partial charge on any atom is -0.444 e. The molecule has 2 amide bonds. The molecule has 1 saturated heterocycles. The smallest absolute Gasteiger partial charge is 0.410 e. The van der Waals surface area contributed by atoms with E-state index in [1.165, 1.54) is 0 Å². The highest BCUT2D eigenvalue weighted by molar-refractivity contribution is 5.79. The quantitative estimate of drug-likeness (QED) is 0.795. The Hall–Kier alpha value is -2.04. The van der Waals surface area contributed by atoms with Gasteiger partial charge in [0.15, 0.2) is 0 Å². The molecule has 1 aromatic rings. The van der Waals surface area contributed by atoms with E-state index in [0.717, 1.165) is 18.5 Å². The molecular weight excluding hydrogens is 328 g/mol. The highest BCUT2D eigenvalue weighted by Crippen LogP contribution is 2.22. The van der Waals surface area contributed by atoms with Crippen molar-refractivity contribution in [1.29, 1.82) is 0 Å². The van der Waals surface area contributed by atoms with Crippen LogP contribution in [0, 0.1) is 5.92 Å². The zero-order valence-corrected chi connectivity index (χ0v) is 16.5. The van der Waals surface area contributed by atoms with Crippen LogP contribution in [-0.4, -0.2) is 47.0 Å². The van der Waals surface area contributed by atoms with Crippen LogP contribution in [0.2, 0.25) is 0 Å². The lowest BCUT2D eigenvalue weighted by molar-refractivity contribution is -0.137. The molecular formula is C21H32N2O3. The lowest BCUT2D eigenvalue weighted by Crippen LogP contribution is -2.45. The normalized spacial score (nSPS) is 15.6. The van der Waals surface area contributed by atoms with E-state index in [1.807, 2.05) is 43.9 Å². The fourth-order valence-corrected chi connectivity index (χ4v) is 3.23. The molecule has 2 rings (SSSR count). The number of ether oxygens (including phenoxy) is 1. The summed E-state index contributed by atoms with van der Waals surface area (Å²) in [6.07, 6.45) is 2.06. The van der Waals surface area contributed by atoms with E-state index in [0.29, 0.717) is 32.5 Å². The monoisotopic (exact) mass is 360 g/mol. The average Bonchev–Trinajstić information content (AvgIpc) is 2.60. The van der Waals surface area contributed by atoms with Gasteiger partial charge in [-0.15, -0.1) is 0 Å². The van der Waals surface area contributed by atoms with Gasteiger partial charge in [0.1, 0.15) is 5.60 Å². The maximum absolute atomic E-state index is 13.0. The number of carbonyl (C=O) groups excluding carboxylic acids is 2. The lowest BCUT2D eigenvalue weighted by atomic mass is 9.95. The van der Waals surface area contributed by atoms with E-state index in [2.05, 4.69) is 19.1 Å². The van der Waals surface area contributed by atoms with Crippen LogP contribution in [0.25, 0.3) is 0 Å². The second-order valence-corrected chi connectivity index (χ2v) is 7.99. The Morgan fingerprint density at radius 3 is 2.31 bits per heavy atom. The van der Waals surface area contributed by atoms with Crippen LogP contribution in [0.15, 0.2) is 30.3 Å². The number of hydrogen-bond acceptors (Lipinski definition) is 3. The van der Waals surface area contributed by atoms with E-state index >= 15 is 0 Å². The number of rotatable bonds is 5. The lowest BCUT2D eigenvalue weighted by Gasteiger charge is -2.35. The van der Waals surface area contributed by atoms with Crippen LogP contribution in [0.3, 0.4) is 0 Å². The van der Waals surface area contributed by atoms with Crippen LogP contribution in [-0.2, 0) is 16.1 Å². The first-order valence-electron chi connectivity index (χ1n) is 9.61. The van der Waals surface area contributed by atoms with Gasteiger partial charge < -0.3 is 14.5 Å². The fraction of sp³-hybridized carbons (Fsp3) is 0.619. The first kappa shape index (κ1) is 20.3. The molecule has 0 spiro atoms. The van der Waals surface area contributed by atoms with Crippen molar-refractivity contribution in [3.63, 3.8) is 0 Å². The van der Waals surface area contributed by atoms with Crippen LogP contribution in [0.4, 0.5) is 4.79 Å². The molecule has 0 unspecified atom stereocenters. The van der Waals surface area contributed by atoms with Gasteiger partial charge in [0.2, 0.25) is 5.91 Å². The van der Waals surface area contributed by atoms with Gasteiger partial charge in [0.25, 0.3) is 0 Å². The Bertz CT molecular complexity index is 587. The Morgan fingerprint density at radius 2 is 1.77 bits per heavy atom. The van der Waals surface area contributed by atoms with Gasteiger partial charge in [0, 0.05) is 32.1 Å². The number of benzene rings is 1. The molecule has 0 saturated carbocycles. The third-order valence-electron chi connectivity index (χ3n) is 4.52. The summed E-state index contributed by atoms with van der Waals surface area (Å²) < 4.78 is 5.43. The fourth-order valence-electron chi connectivity index (χ4n) is 3.23.